The molecule has 0 fully saturated rings. The predicted molar refractivity (Wildman–Crippen MR) is 132 cm³/mol. The first-order valence-corrected chi connectivity index (χ1v) is 13.1. The molecule has 0 radical (unpaired) electrons. The maximum absolute atomic E-state index is 13.7. The van der Waals surface area contributed by atoms with Gasteiger partial charge in [0.2, 0.25) is 10.0 Å². The van der Waals surface area contributed by atoms with Crippen molar-refractivity contribution in [3.63, 3.8) is 0 Å². The zero-order chi connectivity index (χ0) is 24.3. The van der Waals surface area contributed by atoms with E-state index >= 15 is 0 Å². The summed E-state index contributed by atoms with van der Waals surface area (Å²) in [6.45, 7) is 2.07. The van der Waals surface area contributed by atoms with E-state index in [0.29, 0.717) is 23.3 Å². The number of aryl methyl sites for hydroxylation is 1. The average Bonchev–Trinajstić information content (AvgIpc) is 2.83. The van der Waals surface area contributed by atoms with Crippen LogP contribution in [-0.2, 0) is 16.6 Å². The largest absolute Gasteiger partial charge is 0.271 e. The molecule has 9 heteroatoms. The monoisotopic (exact) mass is 497 g/mol. The molecule has 0 unspecified atom stereocenters. The molecule has 0 saturated carbocycles. The van der Waals surface area contributed by atoms with Crippen molar-refractivity contribution in [2.45, 2.75) is 29.7 Å². The summed E-state index contributed by atoms with van der Waals surface area (Å²) in [5.41, 5.74) is 6.01. The average molecular weight is 498 g/mol. The van der Waals surface area contributed by atoms with Gasteiger partial charge in [-0.25, -0.2) is 18.2 Å². The second-order valence-electron chi connectivity index (χ2n) is 8.01. The molecule has 1 amide bonds. The van der Waals surface area contributed by atoms with Gasteiger partial charge in [-0.2, -0.15) is 9.41 Å². The lowest BCUT2D eigenvalue weighted by Crippen LogP contribution is -2.26. The predicted octanol–water partition coefficient (Wildman–Crippen LogP) is 4.58. The van der Waals surface area contributed by atoms with E-state index in [-0.39, 0.29) is 17.3 Å². The molecule has 0 bridgehead atoms. The SMILES string of the molecule is Cc1ccc(S(=O)(=O)N(C)Cc2ccc(C(=O)NN=C3CCSc4ccc(F)cc43)cc2)cc1. The molecule has 34 heavy (non-hydrogen) atoms. The number of hydrogen-bond acceptors (Lipinski definition) is 5. The highest BCUT2D eigenvalue weighted by atomic mass is 32.2. The van der Waals surface area contributed by atoms with Crippen molar-refractivity contribution in [1.29, 1.82) is 0 Å². The topological polar surface area (TPSA) is 78.8 Å². The number of benzene rings is 3. The van der Waals surface area contributed by atoms with Gasteiger partial charge < -0.3 is 0 Å². The summed E-state index contributed by atoms with van der Waals surface area (Å²) in [5.74, 6) is 0.0715. The molecule has 1 heterocycles. The normalized spacial score (nSPS) is 14.8. The highest BCUT2D eigenvalue weighted by molar-refractivity contribution is 7.99. The van der Waals surface area contributed by atoms with E-state index in [9.17, 15) is 17.6 Å². The van der Waals surface area contributed by atoms with Gasteiger partial charge >= 0.3 is 0 Å². The summed E-state index contributed by atoms with van der Waals surface area (Å²) in [5, 5.41) is 4.23. The van der Waals surface area contributed by atoms with Crippen molar-refractivity contribution in [1.82, 2.24) is 9.73 Å². The van der Waals surface area contributed by atoms with E-state index in [1.165, 1.54) is 23.5 Å². The van der Waals surface area contributed by atoms with Crippen LogP contribution in [0.5, 0.6) is 0 Å². The summed E-state index contributed by atoms with van der Waals surface area (Å²) >= 11 is 1.63. The number of amides is 1. The van der Waals surface area contributed by atoms with Gasteiger partial charge in [-0.1, -0.05) is 29.8 Å². The fourth-order valence-corrected chi connectivity index (χ4v) is 5.71. The Kier molecular flexibility index (Phi) is 7.16. The van der Waals surface area contributed by atoms with Crippen LogP contribution in [0.15, 0.2) is 81.6 Å². The Balaban J connectivity index is 1.42. The van der Waals surface area contributed by atoms with Gasteiger partial charge in [-0.15, -0.1) is 11.8 Å². The minimum atomic E-state index is -3.62. The van der Waals surface area contributed by atoms with Crippen LogP contribution in [0.3, 0.4) is 0 Å². The Morgan fingerprint density at radius 3 is 2.50 bits per heavy atom. The van der Waals surface area contributed by atoms with Crippen molar-refractivity contribution in [3.8, 4) is 0 Å². The van der Waals surface area contributed by atoms with Crippen LogP contribution in [0, 0.1) is 12.7 Å². The number of halogens is 1. The lowest BCUT2D eigenvalue weighted by atomic mass is 10.1. The summed E-state index contributed by atoms with van der Waals surface area (Å²) in [6, 6.07) is 18.0. The van der Waals surface area contributed by atoms with E-state index in [4.69, 9.17) is 0 Å². The van der Waals surface area contributed by atoms with Gasteiger partial charge in [0.15, 0.2) is 0 Å². The first-order chi connectivity index (χ1) is 16.2. The van der Waals surface area contributed by atoms with Crippen LogP contribution < -0.4 is 5.43 Å². The molecule has 3 aromatic rings. The Hall–Kier alpha value is -3.01. The lowest BCUT2D eigenvalue weighted by molar-refractivity contribution is 0.0954. The van der Waals surface area contributed by atoms with Crippen molar-refractivity contribution < 1.29 is 17.6 Å². The molecule has 1 N–H and O–H groups in total. The lowest BCUT2D eigenvalue weighted by Gasteiger charge is -2.18. The third kappa shape index (κ3) is 5.38. The second kappa shape index (κ2) is 10.1. The number of hydrogen-bond donors (Lipinski definition) is 1. The highest BCUT2D eigenvalue weighted by Gasteiger charge is 2.21. The highest BCUT2D eigenvalue weighted by Crippen LogP contribution is 2.30. The molecule has 0 atom stereocenters. The molecule has 1 aliphatic rings. The number of carbonyl (C=O) groups excluding carboxylic acids is 1. The van der Waals surface area contributed by atoms with Crippen molar-refractivity contribution >= 4 is 33.4 Å². The van der Waals surface area contributed by atoms with Crippen molar-refractivity contribution in [2.24, 2.45) is 5.10 Å². The molecule has 0 aromatic heterocycles. The summed E-state index contributed by atoms with van der Waals surface area (Å²) in [4.78, 5) is 13.7. The Morgan fingerprint density at radius 1 is 1.09 bits per heavy atom. The van der Waals surface area contributed by atoms with E-state index in [0.717, 1.165) is 21.8 Å². The number of rotatable bonds is 6. The third-order valence-corrected chi connectivity index (χ3v) is 8.38. The molecule has 0 spiro atoms. The van der Waals surface area contributed by atoms with Crippen LogP contribution >= 0.6 is 11.8 Å². The number of hydrazone groups is 1. The first kappa shape index (κ1) is 24.1. The number of nitrogens with zero attached hydrogens (tertiary/aromatic N) is 2. The van der Waals surface area contributed by atoms with Gasteiger partial charge in [0, 0.05) is 41.8 Å². The van der Waals surface area contributed by atoms with E-state index < -0.39 is 15.9 Å². The van der Waals surface area contributed by atoms with Crippen LogP contribution in [0.1, 0.15) is 33.5 Å². The second-order valence-corrected chi connectivity index (χ2v) is 11.2. The van der Waals surface area contributed by atoms with Crippen molar-refractivity contribution in [2.75, 3.05) is 12.8 Å². The molecule has 176 valence electrons. The molecule has 0 aliphatic carbocycles. The standard InChI is InChI=1S/C25H24FN3O3S2/c1-17-3-10-21(11-4-17)34(31,32)29(2)16-18-5-7-19(8-6-18)25(30)28-27-23-13-14-33-24-12-9-20(26)15-22(23)24/h3-12,15H,13-14,16H2,1-2H3,(H,28,30). The zero-order valence-corrected chi connectivity index (χ0v) is 20.4. The molecule has 3 aromatic carbocycles. The van der Waals surface area contributed by atoms with E-state index in [1.807, 2.05) is 6.92 Å². The van der Waals surface area contributed by atoms with Crippen LogP contribution in [0.2, 0.25) is 0 Å². The molecular formula is C25H24FN3O3S2. The summed E-state index contributed by atoms with van der Waals surface area (Å²) in [7, 11) is -2.10. The number of thioether (sulfide) groups is 1. The van der Waals surface area contributed by atoms with Crippen LogP contribution in [0.4, 0.5) is 4.39 Å². The number of nitrogens with one attached hydrogen (secondary N) is 1. The maximum atomic E-state index is 13.7. The van der Waals surface area contributed by atoms with Crippen LogP contribution in [-0.4, -0.2) is 37.1 Å². The fraction of sp³-hybridized carbons (Fsp3) is 0.200. The van der Waals surface area contributed by atoms with Gasteiger partial charge in [0.1, 0.15) is 5.82 Å². The van der Waals surface area contributed by atoms with Crippen LogP contribution in [0.25, 0.3) is 0 Å². The summed E-state index contributed by atoms with van der Waals surface area (Å²) < 4.78 is 40.5. The fourth-order valence-electron chi connectivity index (χ4n) is 3.54. The first-order valence-electron chi connectivity index (χ1n) is 10.7. The number of sulfonamides is 1. The quantitative estimate of drug-likeness (QED) is 0.506. The van der Waals surface area contributed by atoms with Crippen molar-refractivity contribution in [3.05, 3.63) is 94.8 Å². The van der Waals surface area contributed by atoms with E-state index in [1.54, 1.807) is 66.4 Å². The van der Waals surface area contributed by atoms with E-state index in [2.05, 4.69) is 10.5 Å². The Labute approximate surface area is 202 Å². The number of fused-ring (bicyclic) bond motifs is 1. The Morgan fingerprint density at radius 2 is 1.79 bits per heavy atom. The zero-order valence-electron chi connectivity index (χ0n) is 18.8. The molecule has 6 nitrogen and oxygen atoms in total. The smallest absolute Gasteiger partial charge is 0.267 e. The third-order valence-electron chi connectivity index (χ3n) is 5.49. The van der Waals surface area contributed by atoms with Gasteiger partial charge in [-0.3, -0.25) is 4.79 Å². The summed E-state index contributed by atoms with van der Waals surface area (Å²) in [6.07, 6.45) is 0.627. The molecule has 1 aliphatic heterocycles. The molecule has 0 saturated heterocycles. The van der Waals surface area contributed by atoms with Gasteiger partial charge in [0.25, 0.3) is 5.91 Å². The minimum absolute atomic E-state index is 0.167. The number of carbonyl (C=O) groups is 1. The molecular weight excluding hydrogens is 473 g/mol. The maximum Gasteiger partial charge on any atom is 0.271 e. The Bertz CT molecular complexity index is 1340. The molecule has 4 rings (SSSR count). The van der Waals surface area contributed by atoms with Gasteiger partial charge in [-0.05, 0) is 55.0 Å². The minimum Gasteiger partial charge on any atom is -0.267 e. The van der Waals surface area contributed by atoms with Gasteiger partial charge in [0.05, 0.1) is 10.6 Å².